The molecule has 0 radical (unpaired) electrons. The Kier molecular flexibility index (Phi) is 6.75. The van der Waals surface area contributed by atoms with Gasteiger partial charge in [0.25, 0.3) is 0 Å². The molecule has 1 aromatic heterocycles. The van der Waals surface area contributed by atoms with Gasteiger partial charge in [-0.15, -0.1) is 0 Å². The molecule has 25 heavy (non-hydrogen) atoms. The molecule has 7 heteroatoms. The Labute approximate surface area is 150 Å². The van der Waals surface area contributed by atoms with Crippen LogP contribution in [0.4, 0.5) is 0 Å². The molecule has 0 spiro atoms. The molecule has 0 saturated carbocycles. The van der Waals surface area contributed by atoms with Gasteiger partial charge in [0.1, 0.15) is 0 Å². The van der Waals surface area contributed by atoms with Gasteiger partial charge in [0, 0.05) is 30.9 Å². The van der Waals surface area contributed by atoms with Gasteiger partial charge in [0.15, 0.2) is 0 Å². The Morgan fingerprint density at radius 1 is 1.20 bits per heavy atom. The highest BCUT2D eigenvalue weighted by Crippen LogP contribution is 2.17. The van der Waals surface area contributed by atoms with E-state index in [9.17, 15) is 8.42 Å². The number of rotatable bonds is 9. The number of nitrogens with zero attached hydrogens (tertiary/aromatic N) is 3. The fourth-order valence-electron chi connectivity index (χ4n) is 2.90. The third-order valence-corrected chi connectivity index (χ3v) is 5.71. The lowest BCUT2D eigenvalue weighted by Gasteiger charge is -2.17. The summed E-state index contributed by atoms with van der Waals surface area (Å²) in [5, 5.41) is 8.05. The van der Waals surface area contributed by atoms with Crippen molar-refractivity contribution in [2.24, 2.45) is 0 Å². The second kappa shape index (κ2) is 8.60. The van der Waals surface area contributed by atoms with Crippen molar-refractivity contribution in [3.63, 3.8) is 0 Å². The van der Waals surface area contributed by atoms with Gasteiger partial charge >= 0.3 is 0 Å². The molecular weight excluding hydrogens is 336 g/mol. The van der Waals surface area contributed by atoms with Crippen LogP contribution in [0, 0.1) is 13.8 Å². The molecule has 0 unspecified atom stereocenters. The van der Waals surface area contributed by atoms with Gasteiger partial charge in [-0.05, 0) is 38.9 Å². The first-order chi connectivity index (χ1) is 11.8. The minimum atomic E-state index is -3.10. The molecule has 1 aromatic carbocycles. The molecule has 0 atom stereocenters. The van der Waals surface area contributed by atoms with Crippen LogP contribution in [0.15, 0.2) is 30.3 Å². The van der Waals surface area contributed by atoms with Crippen LogP contribution in [0.25, 0.3) is 5.69 Å². The first-order valence-corrected chi connectivity index (χ1v) is 10.5. The average Bonchev–Trinajstić information content (AvgIpc) is 2.85. The van der Waals surface area contributed by atoms with E-state index >= 15 is 0 Å². The summed E-state index contributed by atoms with van der Waals surface area (Å²) in [6.45, 7) is 8.51. The number of nitrogens with one attached hydrogen (secondary N) is 1. The van der Waals surface area contributed by atoms with E-state index in [2.05, 4.69) is 17.3 Å². The van der Waals surface area contributed by atoms with Crippen LogP contribution in [0.1, 0.15) is 30.3 Å². The van der Waals surface area contributed by atoms with Crippen molar-refractivity contribution >= 4 is 10.0 Å². The quantitative estimate of drug-likeness (QED) is 0.693. The molecule has 0 saturated heterocycles. The van der Waals surface area contributed by atoms with Gasteiger partial charge in [-0.2, -0.15) is 5.10 Å². The fourth-order valence-corrected chi connectivity index (χ4v) is 3.83. The summed E-state index contributed by atoms with van der Waals surface area (Å²) in [4.78, 5) is 0. The van der Waals surface area contributed by atoms with E-state index in [1.807, 2.05) is 48.9 Å². The van der Waals surface area contributed by atoms with Crippen LogP contribution in [-0.4, -0.2) is 48.4 Å². The fraction of sp³-hybridized carbons (Fsp3) is 0.500. The van der Waals surface area contributed by atoms with Gasteiger partial charge in [0.2, 0.25) is 10.0 Å². The van der Waals surface area contributed by atoms with E-state index in [0.717, 1.165) is 36.6 Å². The Hall–Kier alpha value is -1.70. The van der Waals surface area contributed by atoms with Crippen LogP contribution < -0.4 is 5.32 Å². The van der Waals surface area contributed by atoms with E-state index in [1.165, 1.54) is 16.1 Å². The van der Waals surface area contributed by atoms with Crippen molar-refractivity contribution in [2.75, 3.05) is 25.9 Å². The molecule has 0 aliphatic carbocycles. The number of benzene rings is 1. The molecule has 6 nitrogen and oxygen atoms in total. The molecule has 138 valence electrons. The van der Waals surface area contributed by atoms with Crippen molar-refractivity contribution in [1.82, 2.24) is 19.4 Å². The minimum absolute atomic E-state index is 0.515. The molecule has 0 amide bonds. The maximum atomic E-state index is 11.6. The van der Waals surface area contributed by atoms with Crippen LogP contribution in [0.2, 0.25) is 0 Å². The van der Waals surface area contributed by atoms with Crippen molar-refractivity contribution in [1.29, 1.82) is 0 Å². The predicted octanol–water partition coefficient (Wildman–Crippen LogP) is 2.25. The zero-order valence-corrected chi connectivity index (χ0v) is 16.3. The molecule has 0 aliphatic heterocycles. The largest absolute Gasteiger partial charge is 0.312 e. The zero-order chi connectivity index (χ0) is 18.4. The van der Waals surface area contributed by atoms with E-state index in [1.54, 1.807) is 0 Å². The van der Waals surface area contributed by atoms with Crippen LogP contribution >= 0.6 is 0 Å². The second-order valence-corrected chi connectivity index (χ2v) is 8.16. The normalized spacial score (nSPS) is 12.0. The van der Waals surface area contributed by atoms with Crippen LogP contribution in [0.5, 0.6) is 0 Å². The molecule has 2 aromatic rings. The van der Waals surface area contributed by atoms with E-state index in [0.29, 0.717) is 13.1 Å². The lowest BCUT2D eigenvalue weighted by molar-refractivity contribution is 0.419. The van der Waals surface area contributed by atoms with E-state index < -0.39 is 10.0 Å². The SMILES string of the molecule is CCN(CCCNCc1c(C)nn(-c2ccccc2)c1C)S(C)(=O)=O. The van der Waals surface area contributed by atoms with Crippen molar-refractivity contribution in [3.05, 3.63) is 47.3 Å². The first-order valence-electron chi connectivity index (χ1n) is 8.61. The van der Waals surface area contributed by atoms with Crippen LogP contribution in [-0.2, 0) is 16.6 Å². The van der Waals surface area contributed by atoms with Crippen LogP contribution in [0.3, 0.4) is 0 Å². The lowest BCUT2D eigenvalue weighted by atomic mass is 10.2. The molecule has 0 bridgehead atoms. The van der Waals surface area contributed by atoms with Crippen molar-refractivity contribution < 1.29 is 8.42 Å². The number of hydrogen-bond acceptors (Lipinski definition) is 4. The van der Waals surface area contributed by atoms with Gasteiger partial charge in [-0.25, -0.2) is 17.4 Å². The minimum Gasteiger partial charge on any atom is -0.312 e. The Morgan fingerprint density at radius 3 is 2.48 bits per heavy atom. The summed E-state index contributed by atoms with van der Waals surface area (Å²) in [7, 11) is -3.10. The van der Waals surface area contributed by atoms with Crippen molar-refractivity contribution in [3.8, 4) is 5.69 Å². The summed E-state index contributed by atoms with van der Waals surface area (Å²) in [5.74, 6) is 0. The predicted molar refractivity (Wildman–Crippen MR) is 101 cm³/mol. The number of aryl methyl sites for hydroxylation is 1. The molecule has 2 rings (SSSR count). The van der Waals surface area contributed by atoms with Crippen molar-refractivity contribution in [2.45, 2.75) is 33.7 Å². The summed E-state index contributed by atoms with van der Waals surface area (Å²) in [5.41, 5.74) is 4.39. The molecular formula is C18H28N4O2S. The summed E-state index contributed by atoms with van der Waals surface area (Å²) >= 11 is 0. The Morgan fingerprint density at radius 2 is 1.88 bits per heavy atom. The number of hydrogen-bond donors (Lipinski definition) is 1. The zero-order valence-electron chi connectivity index (χ0n) is 15.5. The maximum Gasteiger partial charge on any atom is 0.211 e. The average molecular weight is 365 g/mol. The lowest BCUT2D eigenvalue weighted by Crippen LogP contribution is -2.32. The second-order valence-electron chi connectivity index (χ2n) is 6.18. The molecule has 0 fully saturated rings. The highest BCUT2D eigenvalue weighted by atomic mass is 32.2. The standard InChI is InChI=1S/C18H28N4O2S/c1-5-21(25(4,23)24)13-9-12-19-14-18-15(2)20-22(16(18)3)17-10-7-6-8-11-17/h6-8,10-11,19H,5,9,12-14H2,1-4H3. The number of sulfonamides is 1. The van der Waals surface area contributed by atoms with E-state index in [4.69, 9.17) is 0 Å². The maximum absolute atomic E-state index is 11.6. The van der Waals surface area contributed by atoms with Gasteiger partial charge in [0.05, 0.1) is 17.6 Å². The third kappa shape index (κ3) is 5.14. The Bertz CT molecular complexity index is 785. The van der Waals surface area contributed by atoms with Gasteiger partial charge < -0.3 is 5.32 Å². The summed E-state index contributed by atoms with van der Waals surface area (Å²) < 4.78 is 26.6. The third-order valence-electron chi connectivity index (χ3n) is 4.33. The smallest absolute Gasteiger partial charge is 0.211 e. The van der Waals surface area contributed by atoms with E-state index in [-0.39, 0.29) is 0 Å². The molecule has 1 N–H and O–H groups in total. The van der Waals surface area contributed by atoms with Gasteiger partial charge in [-0.1, -0.05) is 25.1 Å². The monoisotopic (exact) mass is 364 g/mol. The van der Waals surface area contributed by atoms with Gasteiger partial charge in [-0.3, -0.25) is 0 Å². The number of para-hydroxylation sites is 1. The highest BCUT2D eigenvalue weighted by molar-refractivity contribution is 7.88. The first kappa shape index (κ1) is 19.6. The Balaban J connectivity index is 1.91. The summed E-state index contributed by atoms with van der Waals surface area (Å²) in [6, 6.07) is 10.1. The molecule has 1 heterocycles. The topological polar surface area (TPSA) is 67.2 Å². The number of aromatic nitrogens is 2. The molecule has 0 aliphatic rings. The summed E-state index contributed by atoms with van der Waals surface area (Å²) in [6.07, 6.45) is 2.04. The highest BCUT2D eigenvalue weighted by Gasteiger charge is 2.14.